The molecule has 4 N–H and O–H groups in total. The Labute approximate surface area is 221 Å². The van der Waals surface area contributed by atoms with Gasteiger partial charge in [-0.1, -0.05) is 30.3 Å². The number of carbonyl (C=O) groups excluding carboxylic acids is 1. The maximum atomic E-state index is 13.8. The van der Waals surface area contributed by atoms with Crippen molar-refractivity contribution in [3.63, 3.8) is 0 Å². The molecule has 9 heteroatoms. The fourth-order valence-corrected chi connectivity index (χ4v) is 5.91. The molecule has 0 amide bonds. The van der Waals surface area contributed by atoms with E-state index in [2.05, 4.69) is 5.32 Å². The number of rotatable bonds is 8. The minimum Gasteiger partial charge on any atom is -0.508 e. The van der Waals surface area contributed by atoms with Gasteiger partial charge in [-0.2, -0.15) is 0 Å². The van der Waals surface area contributed by atoms with Crippen molar-refractivity contribution < 1.29 is 27.1 Å². The van der Waals surface area contributed by atoms with Crippen LogP contribution in [0, 0.1) is 11.6 Å². The molecule has 0 spiro atoms. The van der Waals surface area contributed by atoms with Crippen molar-refractivity contribution in [2.24, 2.45) is 5.73 Å². The van der Waals surface area contributed by atoms with Crippen LogP contribution in [0.25, 0.3) is 6.08 Å². The number of carbonyl (C=O) groups is 1. The molecule has 0 aliphatic carbocycles. The predicted octanol–water partition coefficient (Wildman–Crippen LogP) is 4.13. The molecule has 3 aromatic rings. The van der Waals surface area contributed by atoms with Gasteiger partial charge in [0.25, 0.3) is 0 Å². The number of phenols is 1. The summed E-state index contributed by atoms with van der Waals surface area (Å²) in [7, 11) is -3.45. The number of nitrogens with two attached hydrogens (primary N) is 1. The highest BCUT2D eigenvalue weighted by Gasteiger charge is 2.42. The SMILES string of the molecule is CS(=O)(=O)c1cccc(/C=C(\C=O)C(c2ccc(O)cc2)C2(N)CCN[C@@H](Cc3ccc(F)c(F)c3)C2)c1. The van der Waals surface area contributed by atoms with E-state index < -0.39 is 32.9 Å². The minimum atomic E-state index is -3.45. The topological polar surface area (TPSA) is 109 Å². The lowest BCUT2D eigenvalue weighted by Crippen LogP contribution is -2.57. The molecule has 4 rings (SSSR count). The Morgan fingerprint density at radius 3 is 2.53 bits per heavy atom. The van der Waals surface area contributed by atoms with E-state index in [4.69, 9.17) is 5.73 Å². The first-order valence-corrected chi connectivity index (χ1v) is 14.1. The highest BCUT2D eigenvalue weighted by atomic mass is 32.2. The summed E-state index contributed by atoms with van der Waals surface area (Å²) in [5.41, 5.74) is 8.39. The van der Waals surface area contributed by atoms with Crippen molar-refractivity contribution in [3.8, 4) is 5.75 Å². The van der Waals surface area contributed by atoms with Crippen molar-refractivity contribution in [2.45, 2.75) is 41.7 Å². The molecule has 2 unspecified atom stereocenters. The fraction of sp³-hybridized carbons (Fsp3) is 0.276. The van der Waals surface area contributed by atoms with Crippen molar-refractivity contribution in [1.82, 2.24) is 5.32 Å². The maximum Gasteiger partial charge on any atom is 0.175 e. The maximum absolute atomic E-state index is 13.8. The Morgan fingerprint density at radius 1 is 1.13 bits per heavy atom. The highest BCUT2D eigenvalue weighted by Crippen LogP contribution is 2.41. The average molecular weight is 541 g/mol. The van der Waals surface area contributed by atoms with E-state index in [0.29, 0.717) is 42.5 Å². The van der Waals surface area contributed by atoms with Crippen molar-refractivity contribution >= 4 is 22.2 Å². The second kappa shape index (κ2) is 11.1. The molecule has 0 aromatic heterocycles. The molecule has 0 radical (unpaired) electrons. The normalized spacial score (nSPS) is 21.2. The number of aromatic hydroxyl groups is 1. The second-order valence-corrected chi connectivity index (χ2v) is 11.9. The van der Waals surface area contributed by atoms with Gasteiger partial charge in [0.1, 0.15) is 12.0 Å². The van der Waals surface area contributed by atoms with Gasteiger partial charge in [-0.3, -0.25) is 4.79 Å². The lowest BCUT2D eigenvalue weighted by Gasteiger charge is -2.44. The molecule has 1 heterocycles. The summed E-state index contributed by atoms with van der Waals surface area (Å²) in [6.07, 6.45) is 4.83. The smallest absolute Gasteiger partial charge is 0.175 e. The molecule has 200 valence electrons. The van der Waals surface area contributed by atoms with Gasteiger partial charge in [0.2, 0.25) is 0 Å². The Bertz CT molecular complexity index is 1460. The van der Waals surface area contributed by atoms with Crippen LogP contribution in [-0.4, -0.2) is 44.2 Å². The Morgan fingerprint density at radius 2 is 1.87 bits per heavy atom. The van der Waals surface area contributed by atoms with Gasteiger partial charge < -0.3 is 16.2 Å². The monoisotopic (exact) mass is 540 g/mol. The number of sulfone groups is 1. The Kier molecular flexibility index (Phi) is 8.10. The molecule has 1 fully saturated rings. The van der Waals surface area contributed by atoms with Crippen LogP contribution in [0.5, 0.6) is 5.75 Å². The van der Waals surface area contributed by atoms with Crippen LogP contribution < -0.4 is 11.1 Å². The van der Waals surface area contributed by atoms with Crippen LogP contribution in [0.3, 0.4) is 0 Å². The van der Waals surface area contributed by atoms with Crippen molar-refractivity contribution in [1.29, 1.82) is 0 Å². The third-order valence-electron chi connectivity index (χ3n) is 7.01. The van der Waals surface area contributed by atoms with E-state index in [1.807, 2.05) is 0 Å². The average Bonchev–Trinajstić information content (AvgIpc) is 2.86. The summed E-state index contributed by atoms with van der Waals surface area (Å²) >= 11 is 0. The summed E-state index contributed by atoms with van der Waals surface area (Å²) in [6.45, 7) is 0.537. The van der Waals surface area contributed by atoms with Gasteiger partial charge in [0.15, 0.2) is 21.5 Å². The zero-order valence-electron chi connectivity index (χ0n) is 20.9. The Balaban J connectivity index is 1.73. The van der Waals surface area contributed by atoms with E-state index in [0.717, 1.165) is 24.2 Å². The molecule has 3 atom stereocenters. The number of benzene rings is 3. The van der Waals surface area contributed by atoms with Gasteiger partial charge in [-0.25, -0.2) is 17.2 Å². The second-order valence-electron chi connectivity index (χ2n) is 9.92. The fourth-order valence-electron chi connectivity index (χ4n) is 5.24. The van der Waals surface area contributed by atoms with Crippen LogP contribution in [0.15, 0.2) is 77.2 Å². The van der Waals surface area contributed by atoms with Crippen LogP contribution in [-0.2, 0) is 21.1 Å². The standard InChI is InChI=1S/C29H30F2N2O4S/c1-38(36,37)25-4-2-3-19(15-25)13-22(18-34)28(21-6-8-24(35)9-7-21)29(32)11-12-33-23(17-29)14-20-5-10-26(30)27(31)16-20/h2-10,13,15-16,18,23,28,33,35H,11-12,14,17,32H2,1H3/b22-13+/t23-,28?,29?/m0/s1. The molecule has 0 bridgehead atoms. The number of hydrogen-bond acceptors (Lipinski definition) is 6. The predicted molar refractivity (Wildman–Crippen MR) is 142 cm³/mol. The Hall–Kier alpha value is -3.40. The van der Waals surface area contributed by atoms with E-state index in [1.54, 1.807) is 30.3 Å². The lowest BCUT2D eigenvalue weighted by molar-refractivity contribution is -0.105. The third-order valence-corrected chi connectivity index (χ3v) is 8.12. The van der Waals surface area contributed by atoms with Gasteiger partial charge >= 0.3 is 0 Å². The molecule has 1 aliphatic rings. The largest absolute Gasteiger partial charge is 0.508 e. The number of nitrogens with one attached hydrogen (secondary N) is 1. The first-order valence-electron chi connectivity index (χ1n) is 12.2. The van der Waals surface area contributed by atoms with E-state index in [9.17, 15) is 27.1 Å². The molecule has 3 aromatic carbocycles. The minimum absolute atomic E-state index is 0.0672. The summed E-state index contributed by atoms with van der Waals surface area (Å²) < 4.78 is 51.4. The molecular formula is C29H30F2N2O4S. The molecule has 6 nitrogen and oxygen atoms in total. The number of phenolic OH excluding ortho intramolecular Hbond substituents is 1. The van der Waals surface area contributed by atoms with Crippen molar-refractivity contribution in [2.75, 3.05) is 12.8 Å². The number of hydrogen-bond donors (Lipinski definition) is 3. The van der Waals surface area contributed by atoms with Crippen LogP contribution in [0.2, 0.25) is 0 Å². The molecule has 1 aliphatic heterocycles. The molecule has 0 saturated carbocycles. The van der Waals surface area contributed by atoms with Crippen LogP contribution in [0.4, 0.5) is 8.78 Å². The summed E-state index contributed by atoms with van der Waals surface area (Å²) in [5, 5.41) is 13.3. The van der Waals surface area contributed by atoms with Crippen LogP contribution in [0.1, 0.15) is 35.4 Å². The zero-order valence-corrected chi connectivity index (χ0v) is 21.7. The van der Waals surface area contributed by atoms with Crippen LogP contribution >= 0.6 is 0 Å². The van der Waals surface area contributed by atoms with Gasteiger partial charge in [0.05, 0.1) is 4.90 Å². The van der Waals surface area contributed by atoms with Gasteiger partial charge in [0, 0.05) is 29.3 Å². The van der Waals surface area contributed by atoms with E-state index in [1.165, 1.54) is 36.4 Å². The first-order chi connectivity index (χ1) is 18.0. The van der Waals surface area contributed by atoms with Crippen molar-refractivity contribution in [3.05, 3.63) is 101 Å². The number of aldehydes is 1. The number of halogens is 2. The lowest BCUT2D eigenvalue weighted by atomic mass is 9.68. The summed E-state index contributed by atoms with van der Waals surface area (Å²) in [6, 6.07) is 16.4. The third kappa shape index (κ3) is 6.35. The summed E-state index contributed by atoms with van der Waals surface area (Å²) in [5.74, 6) is -2.34. The zero-order chi connectivity index (χ0) is 27.5. The molecular weight excluding hydrogens is 510 g/mol. The van der Waals surface area contributed by atoms with Gasteiger partial charge in [-0.05, 0) is 85.0 Å². The molecule has 38 heavy (non-hydrogen) atoms. The first kappa shape index (κ1) is 27.6. The van der Waals surface area contributed by atoms with Gasteiger partial charge in [-0.15, -0.1) is 0 Å². The summed E-state index contributed by atoms with van der Waals surface area (Å²) in [4.78, 5) is 12.6. The van der Waals surface area contributed by atoms with E-state index >= 15 is 0 Å². The number of piperidine rings is 1. The van der Waals surface area contributed by atoms with E-state index in [-0.39, 0.29) is 16.7 Å². The highest BCUT2D eigenvalue weighted by molar-refractivity contribution is 7.90. The molecule has 1 saturated heterocycles. The quantitative estimate of drug-likeness (QED) is 0.293.